The lowest BCUT2D eigenvalue weighted by molar-refractivity contribution is -0.159. The number of benzene rings is 1. The molecule has 0 spiro atoms. The van der Waals surface area contributed by atoms with Crippen LogP contribution in [-0.2, 0) is 21.7 Å². The normalized spacial score (nSPS) is 16.4. The van der Waals surface area contributed by atoms with Crippen LogP contribution < -0.4 is 5.56 Å². The number of nitrogens with zero attached hydrogens (tertiary/aromatic N) is 2. The number of rotatable bonds is 2. The SMILES string of the molecule is CCC1(CC)OC(=O)[CH]c2cc3n(c(=O)c21)Cc1cc2cc(O)ccc2nc1-3. The largest absolute Gasteiger partial charge is 0.508 e. The first-order chi connectivity index (χ1) is 13.5. The molecule has 0 aliphatic carbocycles. The first-order valence-corrected chi connectivity index (χ1v) is 9.45. The second kappa shape index (κ2) is 5.67. The van der Waals surface area contributed by atoms with Crippen molar-refractivity contribution in [1.82, 2.24) is 9.55 Å². The van der Waals surface area contributed by atoms with Gasteiger partial charge in [-0.15, -0.1) is 0 Å². The molecule has 6 nitrogen and oxygen atoms in total. The summed E-state index contributed by atoms with van der Waals surface area (Å²) in [5.74, 6) is -0.237. The molecule has 0 atom stereocenters. The van der Waals surface area contributed by atoms with Gasteiger partial charge in [-0.3, -0.25) is 9.59 Å². The molecule has 2 aromatic heterocycles. The zero-order valence-electron chi connectivity index (χ0n) is 15.7. The van der Waals surface area contributed by atoms with Crippen LogP contribution in [0.25, 0.3) is 22.3 Å². The van der Waals surface area contributed by atoms with Gasteiger partial charge in [0.15, 0.2) is 0 Å². The average Bonchev–Trinajstić information content (AvgIpc) is 3.03. The van der Waals surface area contributed by atoms with Crippen molar-refractivity contribution in [2.45, 2.75) is 38.8 Å². The standard InChI is InChI=1S/C22H19N2O4/c1-3-22(4-2)19-13(10-18(26)28-22)9-17-20-14(11-24(17)21(19)27)7-12-8-15(25)5-6-16(12)23-20/h5-10,25H,3-4,11H2,1-2H3. The number of cyclic esters (lactones) is 1. The maximum Gasteiger partial charge on any atom is 0.315 e. The monoisotopic (exact) mass is 375 g/mol. The molecule has 1 aromatic carbocycles. The first-order valence-electron chi connectivity index (χ1n) is 9.45. The minimum absolute atomic E-state index is 0.134. The van der Waals surface area contributed by atoms with Crippen LogP contribution >= 0.6 is 0 Å². The lowest BCUT2D eigenvalue weighted by Crippen LogP contribution is -2.43. The van der Waals surface area contributed by atoms with E-state index in [1.165, 1.54) is 6.42 Å². The first kappa shape index (κ1) is 17.0. The number of aromatic hydroxyl groups is 1. The molecule has 5 rings (SSSR count). The molecule has 28 heavy (non-hydrogen) atoms. The van der Waals surface area contributed by atoms with Crippen LogP contribution in [0.3, 0.4) is 0 Å². The van der Waals surface area contributed by atoms with Gasteiger partial charge in [0, 0.05) is 10.9 Å². The zero-order valence-corrected chi connectivity index (χ0v) is 15.7. The Balaban J connectivity index is 1.77. The van der Waals surface area contributed by atoms with E-state index in [4.69, 9.17) is 9.72 Å². The van der Waals surface area contributed by atoms with E-state index in [1.807, 2.05) is 26.0 Å². The van der Waals surface area contributed by atoms with E-state index in [-0.39, 0.29) is 11.3 Å². The molecule has 0 saturated carbocycles. The summed E-state index contributed by atoms with van der Waals surface area (Å²) >= 11 is 0. The fourth-order valence-electron chi connectivity index (χ4n) is 4.46. The summed E-state index contributed by atoms with van der Waals surface area (Å²) in [6.07, 6.45) is 2.48. The highest BCUT2D eigenvalue weighted by atomic mass is 16.6. The molecule has 6 heteroatoms. The number of pyridine rings is 2. The lowest BCUT2D eigenvalue weighted by atomic mass is 9.82. The fourth-order valence-corrected chi connectivity index (χ4v) is 4.46. The third kappa shape index (κ3) is 2.17. The van der Waals surface area contributed by atoms with E-state index >= 15 is 0 Å². The van der Waals surface area contributed by atoms with Crippen molar-refractivity contribution >= 4 is 16.9 Å². The van der Waals surface area contributed by atoms with Gasteiger partial charge in [0.2, 0.25) is 0 Å². The molecule has 0 saturated heterocycles. The van der Waals surface area contributed by atoms with Gasteiger partial charge in [0.05, 0.1) is 35.4 Å². The highest BCUT2D eigenvalue weighted by Gasteiger charge is 2.43. The van der Waals surface area contributed by atoms with Crippen LogP contribution in [0.5, 0.6) is 5.75 Å². The topological polar surface area (TPSA) is 81.4 Å². The maximum absolute atomic E-state index is 13.4. The van der Waals surface area contributed by atoms with Gasteiger partial charge in [-0.2, -0.15) is 0 Å². The number of aromatic nitrogens is 2. The third-order valence-electron chi connectivity index (χ3n) is 5.95. The highest BCUT2D eigenvalue weighted by Crippen LogP contribution is 2.41. The van der Waals surface area contributed by atoms with Gasteiger partial charge in [0.25, 0.3) is 5.56 Å². The average molecular weight is 375 g/mol. The number of carbonyl (C=O) groups excluding carboxylic acids is 1. The smallest absolute Gasteiger partial charge is 0.315 e. The van der Waals surface area contributed by atoms with Crippen LogP contribution in [-0.4, -0.2) is 20.6 Å². The van der Waals surface area contributed by atoms with E-state index in [0.717, 1.165) is 22.2 Å². The number of carbonyl (C=O) groups is 1. The summed E-state index contributed by atoms with van der Waals surface area (Å²) < 4.78 is 7.35. The Labute approximate surface area is 161 Å². The van der Waals surface area contributed by atoms with Crippen LogP contribution in [0, 0.1) is 6.42 Å². The summed E-state index contributed by atoms with van der Waals surface area (Å²) in [6.45, 7) is 4.27. The second-order valence-electron chi connectivity index (χ2n) is 7.39. The van der Waals surface area contributed by atoms with E-state index in [0.29, 0.717) is 36.2 Å². The molecular formula is C22H19N2O4. The van der Waals surface area contributed by atoms with Gasteiger partial charge in [0.1, 0.15) is 11.4 Å². The molecule has 4 heterocycles. The van der Waals surface area contributed by atoms with Gasteiger partial charge < -0.3 is 14.4 Å². The van der Waals surface area contributed by atoms with E-state index in [2.05, 4.69) is 0 Å². The molecule has 2 aliphatic rings. The van der Waals surface area contributed by atoms with E-state index < -0.39 is 11.6 Å². The van der Waals surface area contributed by atoms with Crippen molar-refractivity contribution in [3.63, 3.8) is 0 Å². The summed E-state index contributed by atoms with van der Waals surface area (Å²) in [4.78, 5) is 30.4. The number of ether oxygens (including phenoxy) is 1. The van der Waals surface area contributed by atoms with Gasteiger partial charge in [-0.25, -0.2) is 4.98 Å². The number of hydrogen-bond acceptors (Lipinski definition) is 5. The third-order valence-corrected chi connectivity index (χ3v) is 5.95. The van der Waals surface area contributed by atoms with Crippen molar-refractivity contribution in [3.8, 4) is 17.1 Å². The predicted octanol–water partition coefficient (Wildman–Crippen LogP) is 3.26. The van der Waals surface area contributed by atoms with E-state index in [9.17, 15) is 14.7 Å². The Morgan fingerprint density at radius 3 is 2.71 bits per heavy atom. The Kier molecular flexibility index (Phi) is 3.44. The molecule has 1 N–H and O–H groups in total. The Hall–Kier alpha value is -3.15. The summed E-state index contributed by atoms with van der Waals surface area (Å²) in [5, 5.41) is 10.6. The van der Waals surface area contributed by atoms with Crippen molar-refractivity contribution < 1.29 is 14.6 Å². The van der Waals surface area contributed by atoms with Crippen molar-refractivity contribution in [1.29, 1.82) is 0 Å². The fraction of sp³-hybridized carbons (Fsp3) is 0.273. The number of phenols is 1. The van der Waals surface area contributed by atoms with Gasteiger partial charge >= 0.3 is 5.97 Å². The van der Waals surface area contributed by atoms with Crippen molar-refractivity contribution in [2.24, 2.45) is 0 Å². The quantitative estimate of drug-likeness (QED) is 0.544. The second-order valence-corrected chi connectivity index (χ2v) is 7.39. The summed E-state index contributed by atoms with van der Waals surface area (Å²) in [6, 6.07) is 8.85. The number of hydrogen-bond donors (Lipinski definition) is 1. The predicted molar refractivity (Wildman–Crippen MR) is 104 cm³/mol. The van der Waals surface area contributed by atoms with Gasteiger partial charge in [-0.05, 0) is 48.7 Å². The van der Waals surface area contributed by atoms with Crippen LogP contribution in [0.1, 0.15) is 43.4 Å². The minimum atomic E-state index is -0.890. The van der Waals surface area contributed by atoms with Gasteiger partial charge in [-0.1, -0.05) is 13.8 Å². The molecule has 1 radical (unpaired) electrons. The highest BCUT2D eigenvalue weighted by molar-refractivity contribution is 5.88. The Morgan fingerprint density at radius 1 is 1.18 bits per heavy atom. The summed E-state index contributed by atoms with van der Waals surface area (Å²) in [5.41, 5.74) is 3.26. The zero-order chi connectivity index (χ0) is 19.6. The molecule has 0 amide bonds. The van der Waals surface area contributed by atoms with Crippen LogP contribution in [0.15, 0.2) is 35.1 Å². The van der Waals surface area contributed by atoms with Crippen molar-refractivity contribution in [3.05, 3.63) is 63.8 Å². The van der Waals surface area contributed by atoms with Crippen molar-refractivity contribution in [2.75, 3.05) is 0 Å². The minimum Gasteiger partial charge on any atom is -0.508 e. The van der Waals surface area contributed by atoms with Crippen LogP contribution in [0.4, 0.5) is 0 Å². The molecule has 0 bridgehead atoms. The number of esters is 1. The molecule has 141 valence electrons. The number of fused-ring (bicyclic) bond motifs is 5. The molecule has 3 aromatic rings. The maximum atomic E-state index is 13.4. The molecule has 0 fully saturated rings. The van der Waals surface area contributed by atoms with Crippen LogP contribution in [0.2, 0.25) is 0 Å². The van der Waals surface area contributed by atoms with E-state index in [1.54, 1.807) is 22.8 Å². The molecule has 0 unspecified atom stereocenters. The molecule has 2 aliphatic heterocycles. The molecular weight excluding hydrogens is 356 g/mol. The Bertz CT molecular complexity index is 1220. The lowest BCUT2D eigenvalue weighted by Gasteiger charge is -2.36. The summed E-state index contributed by atoms with van der Waals surface area (Å²) in [7, 11) is 0. The number of phenolic OH excluding ortho intramolecular Hbond substituents is 1. The Morgan fingerprint density at radius 2 is 1.96 bits per heavy atom.